The fourth-order valence-corrected chi connectivity index (χ4v) is 2.14. The number of nitrogens with zero attached hydrogens (tertiary/aromatic N) is 1. The average Bonchev–Trinajstić information content (AvgIpc) is 2.59. The van der Waals surface area contributed by atoms with Gasteiger partial charge in [-0.05, 0) is 26.3 Å². The van der Waals surface area contributed by atoms with E-state index in [9.17, 15) is 18.8 Å². The summed E-state index contributed by atoms with van der Waals surface area (Å²) in [5.74, 6) is -2.71. The first kappa shape index (κ1) is 21.4. The zero-order chi connectivity index (χ0) is 19.7. The summed E-state index contributed by atoms with van der Waals surface area (Å²) in [6, 6.07) is 0.166. The minimum absolute atomic E-state index is 0.0356. The van der Waals surface area contributed by atoms with Crippen molar-refractivity contribution in [2.75, 3.05) is 7.11 Å². The number of carbonyl (C=O) groups excluding carboxylic acids is 3. The quantitative estimate of drug-likeness (QED) is 0.476. The maximum atomic E-state index is 13.9. The van der Waals surface area contributed by atoms with E-state index in [-0.39, 0.29) is 18.4 Å². The first-order chi connectivity index (χ1) is 12.3. The largest absolute Gasteiger partial charge is 0.461 e. The normalized spacial score (nSPS) is 13.0. The monoisotopic (exact) mass is 367 g/mol. The van der Waals surface area contributed by atoms with Gasteiger partial charge in [0.2, 0.25) is 0 Å². The van der Waals surface area contributed by atoms with Gasteiger partial charge >= 0.3 is 5.97 Å². The van der Waals surface area contributed by atoms with Gasteiger partial charge in [0.15, 0.2) is 11.9 Å². The van der Waals surface area contributed by atoms with E-state index in [0.717, 1.165) is 6.20 Å². The van der Waals surface area contributed by atoms with Crippen LogP contribution >= 0.6 is 0 Å². The molecule has 2 N–H and O–H groups in total. The van der Waals surface area contributed by atoms with Crippen molar-refractivity contribution in [2.45, 2.75) is 44.9 Å². The maximum Gasteiger partial charge on any atom is 0.328 e. The number of ether oxygens (including phenoxy) is 2. The topological polar surface area (TPSA) is 118 Å². The molecule has 0 aliphatic heterocycles. The number of hydrogen-bond acceptors (Lipinski definition) is 7. The van der Waals surface area contributed by atoms with Crippen LogP contribution in [-0.4, -0.2) is 48.1 Å². The van der Waals surface area contributed by atoms with Gasteiger partial charge in [0.05, 0.1) is 18.5 Å². The molecule has 1 heterocycles. The van der Waals surface area contributed by atoms with Gasteiger partial charge in [-0.25, -0.2) is 9.18 Å². The summed E-state index contributed by atoms with van der Waals surface area (Å²) in [4.78, 5) is 39.6. The minimum atomic E-state index is -1.30. The molecule has 2 atom stereocenters. The Bertz CT molecular complexity index is 666. The van der Waals surface area contributed by atoms with Gasteiger partial charge in [-0.1, -0.05) is 0 Å². The first-order valence-corrected chi connectivity index (χ1v) is 7.96. The molecule has 1 amide bonds. The van der Waals surface area contributed by atoms with Gasteiger partial charge in [0, 0.05) is 25.3 Å². The summed E-state index contributed by atoms with van der Waals surface area (Å²) in [5, 5.41) is 9.33. The highest BCUT2D eigenvalue weighted by Gasteiger charge is 2.29. The predicted octanol–water partition coefficient (Wildman–Crippen LogP) is 1.34. The fraction of sp³-hybridized carbons (Fsp3) is 0.471. The van der Waals surface area contributed by atoms with Crippen molar-refractivity contribution in [1.29, 1.82) is 5.41 Å². The summed E-state index contributed by atoms with van der Waals surface area (Å²) >= 11 is 0. The molecule has 0 spiro atoms. The zero-order valence-corrected chi connectivity index (χ0v) is 14.8. The summed E-state index contributed by atoms with van der Waals surface area (Å²) < 4.78 is 24.0. The van der Waals surface area contributed by atoms with Crippen molar-refractivity contribution in [3.63, 3.8) is 0 Å². The zero-order valence-electron chi connectivity index (χ0n) is 14.8. The smallest absolute Gasteiger partial charge is 0.328 e. The number of esters is 1. The van der Waals surface area contributed by atoms with E-state index in [1.165, 1.54) is 19.4 Å². The molecule has 0 aliphatic rings. The Morgan fingerprint density at radius 3 is 2.62 bits per heavy atom. The third kappa shape index (κ3) is 6.32. The molecule has 1 aromatic heterocycles. The third-order valence-corrected chi connectivity index (χ3v) is 3.35. The molecule has 0 aromatic carbocycles. The van der Waals surface area contributed by atoms with Gasteiger partial charge < -0.3 is 20.2 Å². The number of carbonyl (C=O) groups is 3. The van der Waals surface area contributed by atoms with E-state index in [1.54, 1.807) is 13.8 Å². The lowest BCUT2D eigenvalue weighted by atomic mass is 10.1. The number of Topliss-reactive ketones (excluding diaryl/α,β-unsaturated/α-hetero) is 1. The number of ketones is 1. The second-order valence-corrected chi connectivity index (χ2v) is 5.71. The summed E-state index contributed by atoms with van der Waals surface area (Å²) in [6.07, 6.45) is 0.995. The minimum Gasteiger partial charge on any atom is -0.461 e. The number of methoxy groups -OCH3 is 1. The predicted molar refractivity (Wildman–Crippen MR) is 90.1 cm³/mol. The molecule has 8 nitrogen and oxygen atoms in total. The van der Waals surface area contributed by atoms with Gasteiger partial charge in [0.1, 0.15) is 11.9 Å². The van der Waals surface area contributed by atoms with Crippen LogP contribution in [0.25, 0.3) is 0 Å². The van der Waals surface area contributed by atoms with Crippen LogP contribution in [0, 0.1) is 11.2 Å². The number of halogens is 1. The Kier molecular flexibility index (Phi) is 8.50. The number of nitrogens with one attached hydrogen (secondary N) is 2. The van der Waals surface area contributed by atoms with Crippen LogP contribution in [0.3, 0.4) is 0 Å². The van der Waals surface area contributed by atoms with Crippen molar-refractivity contribution in [1.82, 2.24) is 10.3 Å². The van der Waals surface area contributed by atoms with Gasteiger partial charge in [-0.3, -0.25) is 14.6 Å². The second kappa shape index (κ2) is 10.3. The van der Waals surface area contributed by atoms with Crippen molar-refractivity contribution in [3.05, 3.63) is 29.8 Å². The number of hydrogen-bond donors (Lipinski definition) is 2. The lowest BCUT2D eigenvalue weighted by Crippen LogP contribution is -2.45. The molecule has 142 valence electrons. The van der Waals surface area contributed by atoms with E-state index >= 15 is 0 Å². The third-order valence-electron chi connectivity index (χ3n) is 3.35. The van der Waals surface area contributed by atoms with Crippen molar-refractivity contribution in [2.24, 2.45) is 0 Å². The molecule has 0 radical (unpaired) electrons. The first-order valence-electron chi connectivity index (χ1n) is 7.96. The molecule has 0 saturated heterocycles. The van der Waals surface area contributed by atoms with Crippen LogP contribution in [-0.2, 0) is 23.9 Å². The van der Waals surface area contributed by atoms with E-state index in [2.05, 4.69) is 10.3 Å². The summed E-state index contributed by atoms with van der Waals surface area (Å²) in [7, 11) is 1.23. The van der Waals surface area contributed by atoms with Crippen molar-refractivity contribution in [3.8, 4) is 0 Å². The van der Waals surface area contributed by atoms with Crippen LogP contribution in [0.2, 0.25) is 0 Å². The lowest BCUT2D eigenvalue weighted by Gasteiger charge is -2.22. The number of rotatable bonds is 10. The number of aromatic nitrogens is 1. The number of pyridine rings is 1. The highest BCUT2D eigenvalue weighted by atomic mass is 19.1. The van der Waals surface area contributed by atoms with E-state index < -0.39 is 41.7 Å². The standard InChI is InChI=1S/C17H22FN3O5/c1-10(2)26-17(24)14(5-4-11(22)8-19)21-16(23)15(25-3)12-6-7-20-9-13(12)18/h6-10,14-15,19H,4-5H2,1-3H3,(H,21,23)/t14-,15-/m0/s1. The van der Waals surface area contributed by atoms with Crippen LogP contribution < -0.4 is 5.32 Å². The molecule has 0 fully saturated rings. The maximum absolute atomic E-state index is 13.9. The van der Waals surface area contributed by atoms with Gasteiger partial charge in [-0.2, -0.15) is 0 Å². The van der Waals surface area contributed by atoms with Crippen LogP contribution in [0.5, 0.6) is 0 Å². The molecule has 1 rings (SSSR count). The molecule has 9 heteroatoms. The van der Waals surface area contributed by atoms with Crippen LogP contribution in [0.15, 0.2) is 18.5 Å². The van der Waals surface area contributed by atoms with Gasteiger partial charge in [0.25, 0.3) is 5.91 Å². The van der Waals surface area contributed by atoms with E-state index in [4.69, 9.17) is 14.9 Å². The van der Waals surface area contributed by atoms with Crippen LogP contribution in [0.4, 0.5) is 4.39 Å². The highest BCUT2D eigenvalue weighted by molar-refractivity contribution is 6.26. The Morgan fingerprint density at radius 2 is 2.08 bits per heavy atom. The molecular weight excluding hydrogens is 345 g/mol. The Balaban J connectivity index is 2.94. The molecule has 0 unspecified atom stereocenters. The van der Waals surface area contributed by atoms with Crippen molar-refractivity contribution >= 4 is 23.9 Å². The number of amides is 1. The Morgan fingerprint density at radius 1 is 1.38 bits per heavy atom. The fourth-order valence-electron chi connectivity index (χ4n) is 2.14. The van der Waals surface area contributed by atoms with Crippen LogP contribution in [0.1, 0.15) is 38.4 Å². The molecule has 0 aliphatic carbocycles. The SMILES string of the molecule is CO[C@H](C(=O)N[C@@H](CCC(=O)C=N)C(=O)OC(C)C)c1ccncc1F. The highest BCUT2D eigenvalue weighted by Crippen LogP contribution is 2.20. The molecule has 0 bridgehead atoms. The van der Waals surface area contributed by atoms with Gasteiger partial charge in [-0.15, -0.1) is 0 Å². The second-order valence-electron chi connectivity index (χ2n) is 5.71. The van der Waals surface area contributed by atoms with E-state index in [0.29, 0.717) is 6.21 Å². The van der Waals surface area contributed by atoms with Crippen molar-refractivity contribution < 1.29 is 28.2 Å². The lowest BCUT2D eigenvalue weighted by molar-refractivity contribution is -0.152. The Hall–Kier alpha value is -2.68. The molecule has 26 heavy (non-hydrogen) atoms. The average molecular weight is 367 g/mol. The van der Waals surface area contributed by atoms with E-state index in [1.807, 2.05) is 0 Å². The Labute approximate surface area is 150 Å². The summed E-state index contributed by atoms with van der Waals surface area (Å²) in [5.41, 5.74) is -0.0356. The molecular formula is C17H22FN3O5. The molecule has 1 aromatic rings. The molecule has 0 saturated carbocycles. The summed E-state index contributed by atoms with van der Waals surface area (Å²) in [6.45, 7) is 3.29.